The number of ketones is 1. The van der Waals surface area contributed by atoms with Crippen LogP contribution in [0, 0.1) is 5.92 Å². The smallest absolute Gasteiger partial charge is 0.188 e. The van der Waals surface area contributed by atoms with Gasteiger partial charge in [0.25, 0.3) is 0 Å². The number of ether oxygens (including phenoxy) is 1. The van der Waals surface area contributed by atoms with Gasteiger partial charge in [0, 0.05) is 25.8 Å². The van der Waals surface area contributed by atoms with Crippen molar-refractivity contribution in [3.63, 3.8) is 0 Å². The SMILES string of the molecule is Cn1cnc(C(=O)C2CCOC2)c1. The van der Waals surface area contributed by atoms with E-state index < -0.39 is 0 Å². The Balaban J connectivity index is 2.12. The van der Waals surface area contributed by atoms with Gasteiger partial charge in [0.15, 0.2) is 5.78 Å². The summed E-state index contributed by atoms with van der Waals surface area (Å²) in [4.78, 5) is 15.7. The van der Waals surface area contributed by atoms with E-state index in [9.17, 15) is 4.79 Å². The number of carbonyl (C=O) groups excluding carboxylic acids is 1. The average molecular weight is 180 g/mol. The van der Waals surface area contributed by atoms with E-state index in [1.54, 1.807) is 17.1 Å². The average Bonchev–Trinajstić information content (AvgIpc) is 2.72. The quantitative estimate of drug-likeness (QED) is 0.627. The highest BCUT2D eigenvalue weighted by molar-refractivity contribution is 5.96. The van der Waals surface area contributed by atoms with E-state index in [0.29, 0.717) is 18.9 Å². The van der Waals surface area contributed by atoms with Crippen LogP contribution in [-0.2, 0) is 11.8 Å². The predicted octanol–water partition coefficient (Wildman–Crippen LogP) is 0.639. The molecule has 0 spiro atoms. The third-order valence-electron chi connectivity index (χ3n) is 2.26. The first kappa shape index (κ1) is 8.44. The molecule has 4 nitrogen and oxygen atoms in total. The lowest BCUT2D eigenvalue weighted by molar-refractivity contribution is 0.0895. The highest BCUT2D eigenvalue weighted by Crippen LogP contribution is 2.16. The summed E-state index contributed by atoms with van der Waals surface area (Å²) in [6.07, 6.45) is 4.22. The van der Waals surface area contributed by atoms with Crippen molar-refractivity contribution in [2.24, 2.45) is 13.0 Å². The van der Waals surface area contributed by atoms with Gasteiger partial charge in [-0.3, -0.25) is 4.79 Å². The van der Waals surface area contributed by atoms with Crippen molar-refractivity contribution in [3.05, 3.63) is 18.2 Å². The van der Waals surface area contributed by atoms with Crippen LogP contribution < -0.4 is 0 Å². The van der Waals surface area contributed by atoms with Gasteiger partial charge in [0.2, 0.25) is 0 Å². The van der Waals surface area contributed by atoms with Crippen molar-refractivity contribution in [2.75, 3.05) is 13.2 Å². The highest BCUT2D eigenvalue weighted by Gasteiger charge is 2.25. The Morgan fingerprint density at radius 3 is 3.15 bits per heavy atom. The molecule has 1 saturated heterocycles. The number of aryl methyl sites for hydroxylation is 1. The summed E-state index contributed by atoms with van der Waals surface area (Å²) < 4.78 is 6.93. The number of Topliss-reactive ketones (excluding diaryl/α,β-unsaturated/α-hetero) is 1. The molecule has 13 heavy (non-hydrogen) atoms. The van der Waals surface area contributed by atoms with Crippen LogP contribution in [0.1, 0.15) is 16.9 Å². The molecule has 70 valence electrons. The first-order chi connectivity index (χ1) is 6.27. The van der Waals surface area contributed by atoms with E-state index in [1.807, 2.05) is 7.05 Å². The molecule has 2 rings (SSSR count). The Bertz CT molecular complexity index is 313. The number of imidazole rings is 1. The molecule has 4 heteroatoms. The standard InChI is InChI=1S/C9H12N2O2/c1-11-4-8(10-6-11)9(12)7-2-3-13-5-7/h4,6-7H,2-3,5H2,1H3. The number of hydrogen-bond acceptors (Lipinski definition) is 3. The Kier molecular flexibility index (Phi) is 2.14. The maximum Gasteiger partial charge on any atom is 0.188 e. The fourth-order valence-corrected chi connectivity index (χ4v) is 1.49. The van der Waals surface area contributed by atoms with Crippen molar-refractivity contribution >= 4 is 5.78 Å². The zero-order valence-corrected chi connectivity index (χ0v) is 7.56. The molecule has 0 aromatic carbocycles. The minimum atomic E-state index is 0.0231. The van der Waals surface area contributed by atoms with Crippen LogP contribution in [0.15, 0.2) is 12.5 Å². The van der Waals surface area contributed by atoms with Gasteiger partial charge in [-0.1, -0.05) is 0 Å². The second-order valence-electron chi connectivity index (χ2n) is 3.35. The molecule has 1 aromatic rings. The van der Waals surface area contributed by atoms with Gasteiger partial charge in [-0.05, 0) is 6.42 Å². The Hall–Kier alpha value is -1.16. The summed E-state index contributed by atoms with van der Waals surface area (Å²) in [5.41, 5.74) is 0.554. The lowest BCUT2D eigenvalue weighted by atomic mass is 10.0. The molecule has 0 N–H and O–H groups in total. The maximum atomic E-state index is 11.7. The molecule has 2 heterocycles. The van der Waals surface area contributed by atoms with Crippen molar-refractivity contribution in [2.45, 2.75) is 6.42 Å². The van der Waals surface area contributed by atoms with Crippen molar-refractivity contribution < 1.29 is 9.53 Å². The normalized spacial score (nSPS) is 22.1. The second kappa shape index (κ2) is 3.30. The van der Waals surface area contributed by atoms with Gasteiger partial charge in [0.05, 0.1) is 12.9 Å². The molecular formula is C9H12N2O2. The van der Waals surface area contributed by atoms with E-state index in [2.05, 4.69) is 4.98 Å². The van der Waals surface area contributed by atoms with Gasteiger partial charge < -0.3 is 9.30 Å². The zero-order chi connectivity index (χ0) is 9.26. The summed E-state index contributed by atoms with van der Waals surface area (Å²) in [5.74, 6) is 0.132. The van der Waals surface area contributed by atoms with Gasteiger partial charge in [-0.2, -0.15) is 0 Å². The number of hydrogen-bond donors (Lipinski definition) is 0. The first-order valence-corrected chi connectivity index (χ1v) is 4.37. The van der Waals surface area contributed by atoms with Crippen LogP contribution in [0.5, 0.6) is 0 Å². The molecule has 0 bridgehead atoms. The second-order valence-corrected chi connectivity index (χ2v) is 3.35. The Morgan fingerprint density at radius 2 is 2.62 bits per heavy atom. The molecule has 1 aliphatic heterocycles. The monoisotopic (exact) mass is 180 g/mol. The summed E-state index contributed by atoms with van der Waals surface area (Å²) in [6.45, 7) is 1.25. The largest absolute Gasteiger partial charge is 0.381 e. The van der Waals surface area contributed by atoms with Crippen molar-refractivity contribution in [3.8, 4) is 0 Å². The topological polar surface area (TPSA) is 44.1 Å². The van der Waals surface area contributed by atoms with Gasteiger partial charge >= 0.3 is 0 Å². The molecule has 1 aliphatic rings. The fourth-order valence-electron chi connectivity index (χ4n) is 1.49. The highest BCUT2D eigenvalue weighted by atomic mass is 16.5. The molecule has 1 unspecified atom stereocenters. The first-order valence-electron chi connectivity index (χ1n) is 4.37. The lowest BCUT2D eigenvalue weighted by Gasteiger charge is -2.01. The summed E-state index contributed by atoms with van der Waals surface area (Å²) in [6, 6.07) is 0. The number of aromatic nitrogens is 2. The zero-order valence-electron chi connectivity index (χ0n) is 7.56. The summed E-state index contributed by atoms with van der Waals surface area (Å²) >= 11 is 0. The van der Waals surface area contributed by atoms with Gasteiger partial charge in [-0.15, -0.1) is 0 Å². The number of nitrogens with zero attached hydrogens (tertiary/aromatic N) is 2. The van der Waals surface area contributed by atoms with E-state index in [-0.39, 0.29) is 11.7 Å². The van der Waals surface area contributed by atoms with E-state index in [0.717, 1.165) is 6.42 Å². The molecule has 0 amide bonds. The number of carbonyl (C=O) groups is 1. The molecular weight excluding hydrogens is 168 g/mol. The third-order valence-corrected chi connectivity index (χ3v) is 2.26. The molecule has 1 aromatic heterocycles. The third kappa shape index (κ3) is 1.62. The van der Waals surface area contributed by atoms with Gasteiger partial charge in [-0.25, -0.2) is 4.98 Å². The van der Waals surface area contributed by atoms with Gasteiger partial charge in [0.1, 0.15) is 5.69 Å². The summed E-state index contributed by atoms with van der Waals surface area (Å²) in [5, 5.41) is 0. The van der Waals surface area contributed by atoms with Crippen LogP contribution in [0.2, 0.25) is 0 Å². The Morgan fingerprint density at radius 1 is 1.77 bits per heavy atom. The molecule has 0 aliphatic carbocycles. The minimum absolute atomic E-state index is 0.0231. The van der Waals surface area contributed by atoms with Crippen LogP contribution >= 0.6 is 0 Å². The van der Waals surface area contributed by atoms with E-state index in [4.69, 9.17) is 4.74 Å². The van der Waals surface area contributed by atoms with Crippen LogP contribution in [0.25, 0.3) is 0 Å². The molecule has 1 fully saturated rings. The van der Waals surface area contributed by atoms with E-state index >= 15 is 0 Å². The molecule has 0 saturated carbocycles. The molecule has 1 atom stereocenters. The molecule has 0 radical (unpaired) electrons. The van der Waals surface area contributed by atoms with Crippen molar-refractivity contribution in [1.29, 1.82) is 0 Å². The van der Waals surface area contributed by atoms with Crippen molar-refractivity contribution in [1.82, 2.24) is 9.55 Å². The number of rotatable bonds is 2. The van der Waals surface area contributed by atoms with Crippen LogP contribution in [0.4, 0.5) is 0 Å². The lowest BCUT2D eigenvalue weighted by Crippen LogP contribution is -2.14. The van der Waals surface area contributed by atoms with Crippen LogP contribution in [-0.4, -0.2) is 28.5 Å². The Labute approximate surface area is 76.5 Å². The fraction of sp³-hybridized carbons (Fsp3) is 0.556. The maximum absolute atomic E-state index is 11.7. The summed E-state index contributed by atoms with van der Waals surface area (Å²) in [7, 11) is 1.86. The van der Waals surface area contributed by atoms with E-state index in [1.165, 1.54) is 0 Å². The minimum Gasteiger partial charge on any atom is -0.381 e. The predicted molar refractivity (Wildman–Crippen MR) is 46.5 cm³/mol. The van der Waals surface area contributed by atoms with Crippen LogP contribution in [0.3, 0.4) is 0 Å².